The standard InChI is InChI=1S/C12H17NO3/c1-13(2)4-3-9-5-11-12(16-8-15-11)6-10(9)7-14/h5-6,14H,3-4,7-8H2,1-2H3. The van der Waals surface area contributed by atoms with Crippen LogP contribution in [0.1, 0.15) is 11.1 Å². The molecule has 1 N–H and O–H groups in total. The third-order valence-corrected chi connectivity index (χ3v) is 2.69. The fourth-order valence-electron chi connectivity index (χ4n) is 1.75. The minimum atomic E-state index is 0.0411. The summed E-state index contributed by atoms with van der Waals surface area (Å²) in [5.74, 6) is 1.52. The summed E-state index contributed by atoms with van der Waals surface area (Å²) in [6.45, 7) is 1.27. The Morgan fingerprint density at radius 3 is 2.38 bits per heavy atom. The van der Waals surface area contributed by atoms with Crippen LogP contribution in [0.3, 0.4) is 0 Å². The second-order valence-electron chi connectivity index (χ2n) is 4.19. The van der Waals surface area contributed by atoms with Gasteiger partial charge in [-0.05, 0) is 43.8 Å². The van der Waals surface area contributed by atoms with Crippen LogP contribution in [0.5, 0.6) is 11.5 Å². The highest BCUT2D eigenvalue weighted by molar-refractivity contribution is 5.48. The summed E-state index contributed by atoms with van der Waals surface area (Å²) in [7, 11) is 4.07. The van der Waals surface area contributed by atoms with E-state index in [9.17, 15) is 5.11 Å². The second-order valence-corrected chi connectivity index (χ2v) is 4.19. The molecule has 2 rings (SSSR count). The lowest BCUT2D eigenvalue weighted by Gasteiger charge is -2.12. The number of aliphatic hydroxyl groups excluding tert-OH is 1. The van der Waals surface area contributed by atoms with Gasteiger partial charge in [-0.3, -0.25) is 0 Å². The first-order valence-corrected chi connectivity index (χ1v) is 5.37. The minimum absolute atomic E-state index is 0.0411. The fraction of sp³-hybridized carbons (Fsp3) is 0.500. The van der Waals surface area contributed by atoms with Crippen molar-refractivity contribution in [2.45, 2.75) is 13.0 Å². The van der Waals surface area contributed by atoms with Crippen LogP contribution in [0.15, 0.2) is 12.1 Å². The number of nitrogens with zero attached hydrogens (tertiary/aromatic N) is 1. The number of hydrogen-bond donors (Lipinski definition) is 1. The molecule has 0 spiro atoms. The lowest BCUT2D eigenvalue weighted by molar-refractivity contribution is 0.174. The van der Waals surface area contributed by atoms with E-state index in [4.69, 9.17) is 9.47 Å². The fourth-order valence-corrected chi connectivity index (χ4v) is 1.75. The van der Waals surface area contributed by atoms with Gasteiger partial charge in [-0.25, -0.2) is 0 Å². The van der Waals surface area contributed by atoms with Gasteiger partial charge in [0.25, 0.3) is 0 Å². The molecule has 0 radical (unpaired) electrons. The van der Waals surface area contributed by atoms with E-state index in [0.29, 0.717) is 0 Å². The highest BCUT2D eigenvalue weighted by atomic mass is 16.7. The molecule has 0 saturated carbocycles. The van der Waals surface area contributed by atoms with Crippen molar-refractivity contribution in [3.8, 4) is 11.5 Å². The monoisotopic (exact) mass is 223 g/mol. The van der Waals surface area contributed by atoms with Gasteiger partial charge in [-0.15, -0.1) is 0 Å². The molecule has 1 aromatic carbocycles. The Bertz CT molecular complexity index is 377. The number of rotatable bonds is 4. The Balaban J connectivity index is 2.22. The van der Waals surface area contributed by atoms with Crippen LogP contribution in [0.2, 0.25) is 0 Å². The van der Waals surface area contributed by atoms with E-state index in [2.05, 4.69) is 4.90 Å². The van der Waals surface area contributed by atoms with Gasteiger partial charge in [0.05, 0.1) is 6.61 Å². The van der Waals surface area contributed by atoms with Gasteiger partial charge in [-0.1, -0.05) is 0 Å². The minimum Gasteiger partial charge on any atom is -0.454 e. The van der Waals surface area contributed by atoms with Crippen molar-refractivity contribution in [2.24, 2.45) is 0 Å². The molecule has 0 amide bonds. The molecule has 0 saturated heterocycles. The van der Waals surface area contributed by atoms with Crippen LogP contribution in [0.4, 0.5) is 0 Å². The van der Waals surface area contributed by atoms with E-state index in [1.54, 1.807) is 0 Å². The number of ether oxygens (including phenoxy) is 2. The van der Waals surface area contributed by atoms with Gasteiger partial charge in [0.2, 0.25) is 6.79 Å². The predicted molar refractivity (Wildman–Crippen MR) is 60.7 cm³/mol. The third-order valence-electron chi connectivity index (χ3n) is 2.69. The van der Waals surface area contributed by atoms with Crippen molar-refractivity contribution in [3.05, 3.63) is 23.3 Å². The Kier molecular flexibility index (Phi) is 3.31. The van der Waals surface area contributed by atoms with Crippen molar-refractivity contribution >= 4 is 0 Å². The highest BCUT2D eigenvalue weighted by Crippen LogP contribution is 2.35. The molecule has 88 valence electrons. The Morgan fingerprint density at radius 1 is 1.19 bits per heavy atom. The van der Waals surface area contributed by atoms with Crippen LogP contribution < -0.4 is 9.47 Å². The molecule has 1 aromatic rings. The van der Waals surface area contributed by atoms with Crippen LogP contribution in [0.25, 0.3) is 0 Å². The maximum atomic E-state index is 9.30. The first kappa shape index (κ1) is 11.2. The predicted octanol–water partition coefficient (Wildman–Crippen LogP) is 1.01. The smallest absolute Gasteiger partial charge is 0.231 e. The topological polar surface area (TPSA) is 41.9 Å². The molecule has 0 bridgehead atoms. The number of hydrogen-bond acceptors (Lipinski definition) is 4. The highest BCUT2D eigenvalue weighted by Gasteiger charge is 2.16. The van der Waals surface area contributed by atoms with Gasteiger partial charge >= 0.3 is 0 Å². The van der Waals surface area contributed by atoms with Crippen LogP contribution in [0, 0.1) is 0 Å². The van der Waals surface area contributed by atoms with Crippen molar-refractivity contribution in [1.29, 1.82) is 0 Å². The molecule has 1 aliphatic heterocycles. The number of fused-ring (bicyclic) bond motifs is 1. The summed E-state index contributed by atoms with van der Waals surface area (Å²) in [6.07, 6.45) is 0.902. The SMILES string of the molecule is CN(C)CCc1cc2c(cc1CO)OCO2. The van der Waals surface area contributed by atoms with E-state index >= 15 is 0 Å². The zero-order chi connectivity index (χ0) is 11.5. The van der Waals surface area contributed by atoms with Crippen molar-refractivity contribution in [1.82, 2.24) is 4.90 Å². The van der Waals surface area contributed by atoms with E-state index < -0.39 is 0 Å². The number of benzene rings is 1. The molecule has 0 atom stereocenters. The Labute approximate surface area is 95.4 Å². The van der Waals surface area contributed by atoms with E-state index in [0.717, 1.165) is 35.6 Å². The van der Waals surface area contributed by atoms with Gasteiger partial charge in [-0.2, -0.15) is 0 Å². The molecule has 0 fully saturated rings. The summed E-state index contributed by atoms with van der Waals surface area (Å²) < 4.78 is 10.6. The molecule has 0 unspecified atom stereocenters. The van der Waals surface area contributed by atoms with Crippen molar-refractivity contribution in [2.75, 3.05) is 27.4 Å². The number of aliphatic hydroxyl groups is 1. The summed E-state index contributed by atoms with van der Waals surface area (Å²) in [4.78, 5) is 2.12. The van der Waals surface area contributed by atoms with Crippen LogP contribution in [-0.4, -0.2) is 37.4 Å². The van der Waals surface area contributed by atoms with Crippen molar-refractivity contribution in [3.63, 3.8) is 0 Å². The average molecular weight is 223 g/mol. The van der Waals surface area contributed by atoms with Gasteiger partial charge in [0, 0.05) is 6.54 Å². The molecule has 4 nitrogen and oxygen atoms in total. The average Bonchev–Trinajstić information content (AvgIpc) is 2.71. The number of likely N-dealkylation sites (N-methyl/N-ethyl adjacent to an activating group) is 1. The van der Waals surface area contributed by atoms with Crippen molar-refractivity contribution < 1.29 is 14.6 Å². The largest absolute Gasteiger partial charge is 0.454 e. The van der Waals surface area contributed by atoms with E-state index in [1.807, 2.05) is 26.2 Å². The third kappa shape index (κ3) is 2.28. The molecule has 1 aliphatic rings. The van der Waals surface area contributed by atoms with Crippen LogP contribution in [-0.2, 0) is 13.0 Å². The molecular weight excluding hydrogens is 206 g/mol. The zero-order valence-electron chi connectivity index (χ0n) is 9.69. The van der Waals surface area contributed by atoms with E-state index in [-0.39, 0.29) is 13.4 Å². The lowest BCUT2D eigenvalue weighted by atomic mass is 10.0. The molecule has 16 heavy (non-hydrogen) atoms. The molecular formula is C12H17NO3. The summed E-state index contributed by atoms with van der Waals surface area (Å²) in [6, 6.07) is 3.84. The summed E-state index contributed by atoms with van der Waals surface area (Å²) in [5.41, 5.74) is 2.05. The van der Waals surface area contributed by atoms with Gasteiger partial charge < -0.3 is 19.5 Å². The zero-order valence-corrected chi connectivity index (χ0v) is 9.69. The van der Waals surface area contributed by atoms with Crippen LogP contribution >= 0.6 is 0 Å². The molecule has 4 heteroatoms. The first-order valence-electron chi connectivity index (χ1n) is 5.37. The molecule has 0 aliphatic carbocycles. The van der Waals surface area contributed by atoms with Gasteiger partial charge in [0.15, 0.2) is 11.5 Å². The van der Waals surface area contributed by atoms with Gasteiger partial charge in [0.1, 0.15) is 0 Å². The Morgan fingerprint density at radius 2 is 1.81 bits per heavy atom. The molecule has 0 aromatic heterocycles. The second kappa shape index (κ2) is 4.72. The molecule has 1 heterocycles. The quantitative estimate of drug-likeness (QED) is 0.827. The summed E-state index contributed by atoms with van der Waals surface area (Å²) in [5, 5.41) is 9.30. The maximum Gasteiger partial charge on any atom is 0.231 e. The maximum absolute atomic E-state index is 9.30. The first-order chi connectivity index (χ1) is 7.70. The Hall–Kier alpha value is -1.26. The summed E-state index contributed by atoms with van der Waals surface area (Å²) >= 11 is 0. The lowest BCUT2D eigenvalue weighted by Crippen LogP contribution is -2.15. The normalized spacial score (nSPS) is 13.5. The van der Waals surface area contributed by atoms with E-state index in [1.165, 1.54) is 0 Å².